The molecule has 0 aromatic heterocycles. The van der Waals surface area contributed by atoms with Gasteiger partial charge in [-0.25, -0.2) is 0 Å². The SMILES string of the molecule is CC(=O)Oc1[c]cccc1C. The lowest BCUT2D eigenvalue weighted by atomic mass is 10.2. The van der Waals surface area contributed by atoms with Crippen LogP contribution in [0.4, 0.5) is 0 Å². The zero-order valence-corrected chi connectivity index (χ0v) is 6.55. The number of aryl methyl sites for hydroxylation is 1. The van der Waals surface area contributed by atoms with E-state index in [-0.39, 0.29) is 5.97 Å². The van der Waals surface area contributed by atoms with E-state index in [4.69, 9.17) is 4.74 Å². The number of esters is 1. The lowest BCUT2D eigenvalue weighted by Crippen LogP contribution is -2.02. The van der Waals surface area contributed by atoms with Crippen LogP contribution >= 0.6 is 0 Å². The van der Waals surface area contributed by atoms with Crippen molar-refractivity contribution >= 4 is 5.97 Å². The van der Waals surface area contributed by atoms with Crippen molar-refractivity contribution in [3.63, 3.8) is 0 Å². The van der Waals surface area contributed by atoms with Gasteiger partial charge in [-0.15, -0.1) is 0 Å². The summed E-state index contributed by atoms with van der Waals surface area (Å²) in [6.07, 6.45) is 0. The molecule has 2 nitrogen and oxygen atoms in total. The van der Waals surface area contributed by atoms with E-state index in [9.17, 15) is 4.79 Å². The van der Waals surface area contributed by atoms with E-state index in [1.165, 1.54) is 6.92 Å². The molecule has 0 atom stereocenters. The number of hydrogen-bond acceptors (Lipinski definition) is 2. The quantitative estimate of drug-likeness (QED) is 0.449. The maximum Gasteiger partial charge on any atom is 0.308 e. The standard InChI is InChI=1S/C9H9O2/c1-7-5-3-4-6-9(7)11-8(2)10/h3-5H,1-2H3. The van der Waals surface area contributed by atoms with E-state index in [1.54, 1.807) is 6.07 Å². The number of ether oxygens (including phenoxy) is 1. The van der Waals surface area contributed by atoms with Gasteiger partial charge in [0, 0.05) is 13.0 Å². The smallest absolute Gasteiger partial charge is 0.308 e. The van der Waals surface area contributed by atoms with Crippen molar-refractivity contribution in [3.8, 4) is 5.75 Å². The third-order valence-corrected chi connectivity index (χ3v) is 1.26. The molecule has 0 saturated carbocycles. The molecule has 0 bridgehead atoms. The molecule has 0 spiro atoms. The molecular formula is C9H9O2. The van der Waals surface area contributed by atoms with Gasteiger partial charge in [-0.3, -0.25) is 4.79 Å². The average Bonchev–Trinajstić information content (AvgIpc) is 1.93. The van der Waals surface area contributed by atoms with Crippen LogP contribution in [0.25, 0.3) is 0 Å². The molecule has 57 valence electrons. The van der Waals surface area contributed by atoms with Crippen molar-refractivity contribution in [1.82, 2.24) is 0 Å². The van der Waals surface area contributed by atoms with E-state index >= 15 is 0 Å². The third-order valence-electron chi connectivity index (χ3n) is 1.26. The second-order valence-electron chi connectivity index (χ2n) is 2.28. The molecule has 0 aliphatic rings. The van der Waals surface area contributed by atoms with E-state index in [0.717, 1.165) is 5.56 Å². The molecule has 2 heteroatoms. The zero-order valence-electron chi connectivity index (χ0n) is 6.55. The molecule has 0 heterocycles. The highest BCUT2D eigenvalue weighted by Gasteiger charge is 1.99. The zero-order chi connectivity index (χ0) is 8.27. The summed E-state index contributed by atoms with van der Waals surface area (Å²) in [5.41, 5.74) is 0.919. The highest BCUT2D eigenvalue weighted by atomic mass is 16.5. The van der Waals surface area contributed by atoms with E-state index in [2.05, 4.69) is 6.07 Å². The monoisotopic (exact) mass is 149 g/mol. The van der Waals surface area contributed by atoms with Crippen molar-refractivity contribution in [2.45, 2.75) is 13.8 Å². The average molecular weight is 149 g/mol. The molecule has 0 aliphatic heterocycles. The molecule has 11 heavy (non-hydrogen) atoms. The fourth-order valence-corrected chi connectivity index (χ4v) is 0.759. The van der Waals surface area contributed by atoms with Gasteiger partial charge >= 0.3 is 5.97 Å². The van der Waals surface area contributed by atoms with Crippen LogP contribution in [0.2, 0.25) is 0 Å². The number of rotatable bonds is 1. The van der Waals surface area contributed by atoms with Crippen LogP contribution in [0.5, 0.6) is 5.75 Å². The Balaban J connectivity index is 2.86. The first-order valence-electron chi connectivity index (χ1n) is 3.36. The molecular weight excluding hydrogens is 140 g/mol. The summed E-state index contributed by atoms with van der Waals surface area (Å²) in [4.78, 5) is 10.5. The normalized spacial score (nSPS) is 9.27. The van der Waals surface area contributed by atoms with Crippen molar-refractivity contribution in [1.29, 1.82) is 0 Å². The summed E-state index contributed by atoms with van der Waals surface area (Å²) in [6, 6.07) is 8.26. The molecule has 0 fully saturated rings. The summed E-state index contributed by atoms with van der Waals surface area (Å²) < 4.78 is 4.85. The van der Waals surface area contributed by atoms with E-state index in [1.807, 2.05) is 19.1 Å². The van der Waals surface area contributed by atoms with Crippen LogP contribution in [-0.2, 0) is 4.79 Å². The van der Waals surface area contributed by atoms with Crippen LogP contribution in [-0.4, -0.2) is 5.97 Å². The fraction of sp³-hybridized carbons (Fsp3) is 0.222. The van der Waals surface area contributed by atoms with Gasteiger partial charge < -0.3 is 4.74 Å². The second-order valence-corrected chi connectivity index (χ2v) is 2.28. The van der Waals surface area contributed by atoms with Gasteiger partial charge in [0.2, 0.25) is 0 Å². The van der Waals surface area contributed by atoms with Crippen LogP contribution in [0, 0.1) is 13.0 Å². The van der Waals surface area contributed by atoms with Crippen LogP contribution < -0.4 is 4.74 Å². The van der Waals surface area contributed by atoms with Crippen molar-refractivity contribution < 1.29 is 9.53 Å². The summed E-state index contributed by atoms with van der Waals surface area (Å²) in [5.74, 6) is 0.204. The number of carbonyl (C=O) groups is 1. The summed E-state index contributed by atoms with van der Waals surface area (Å²) >= 11 is 0. The number of hydrogen-bond donors (Lipinski definition) is 0. The van der Waals surface area contributed by atoms with Crippen LogP contribution in [0.1, 0.15) is 12.5 Å². The summed E-state index contributed by atoms with van der Waals surface area (Å²) in [5, 5.41) is 0. The Morgan fingerprint density at radius 3 is 2.91 bits per heavy atom. The Morgan fingerprint density at radius 2 is 2.36 bits per heavy atom. The highest BCUT2D eigenvalue weighted by Crippen LogP contribution is 2.14. The summed E-state index contributed by atoms with van der Waals surface area (Å²) in [6.45, 7) is 3.25. The molecule has 1 radical (unpaired) electrons. The Morgan fingerprint density at radius 1 is 1.64 bits per heavy atom. The highest BCUT2D eigenvalue weighted by molar-refractivity contribution is 5.69. The Bertz CT molecular complexity index is 266. The molecule has 1 rings (SSSR count). The largest absolute Gasteiger partial charge is 0.426 e. The maximum atomic E-state index is 10.5. The molecule has 0 saturated heterocycles. The van der Waals surface area contributed by atoms with Crippen molar-refractivity contribution in [3.05, 3.63) is 29.8 Å². The minimum atomic E-state index is -0.310. The maximum absolute atomic E-state index is 10.5. The van der Waals surface area contributed by atoms with Gasteiger partial charge in [-0.2, -0.15) is 0 Å². The lowest BCUT2D eigenvalue weighted by Gasteiger charge is -2.02. The predicted octanol–water partition coefficient (Wildman–Crippen LogP) is 1.72. The first-order chi connectivity index (χ1) is 5.20. The first-order valence-corrected chi connectivity index (χ1v) is 3.36. The second kappa shape index (κ2) is 3.19. The Kier molecular flexibility index (Phi) is 2.26. The first kappa shape index (κ1) is 7.79. The Labute approximate surface area is 65.8 Å². The predicted molar refractivity (Wildman–Crippen MR) is 41.3 cm³/mol. The van der Waals surface area contributed by atoms with Gasteiger partial charge in [0.05, 0.1) is 0 Å². The van der Waals surface area contributed by atoms with Gasteiger partial charge in [-0.1, -0.05) is 18.2 Å². The minimum Gasteiger partial charge on any atom is -0.426 e. The lowest BCUT2D eigenvalue weighted by molar-refractivity contribution is -0.131. The van der Waals surface area contributed by atoms with Crippen molar-refractivity contribution in [2.24, 2.45) is 0 Å². The van der Waals surface area contributed by atoms with Gasteiger partial charge in [-0.05, 0) is 12.5 Å². The molecule has 1 aromatic carbocycles. The van der Waals surface area contributed by atoms with Crippen molar-refractivity contribution in [2.75, 3.05) is 0 Å². The molecule has 0 amide bonds. The third kappa shape index (κ3) is 2.08. The van der Waals surface area contributed by atoms with Crippen LogP contribution in [0.15, 0.2) is 18.2 Å². The Hall–Kier alpha value is -1.31. The van der Waals surface area contributed by atoms with Gasteiger partial charge in [0.15, 0.2) is 0 Å². The fourth-order valence-electron chi connectivity index (χ4n) is 0.759. The molecule has 0 aliphatic carbocycles. The number of carbonyl (C=O) groups excluding carboxylic acids is 1. The number of benzene rings is 1. The van der Waals surface area contributed by atoms with E-state index < -0.39 is 0 Å². The van der Waals surface area contributed by atoms with Gasteiger partial charge in [0.1, 0.15) is 5.75 Å². The molecule has 1 aromatic rings. The minimum absolute atomic E-state index is 0.310. The topological polar surface area (TPSA) is 26.3 Å². The molecule has 0 unspecified atom stereocenters. The van der Waals surface area contributed by atoms with Gasteiger partial charge in [0.25, 0.3) is 0 Å². The van der Waals surface area contributed by atoms with Crippen LogP contribution in [0.3, 0.4) is 0 Å². The van der Waals surface area contributed by atoms with E-state index in [0.29, 0.717) is 5.75 Å². The number of para-hydroxylation sites is 1. The molecule has 0 N–H and O–H groups in total. The summed E-state index contributed by atoms with van der Waals surface area (Å²) in [7, 11) is 0.